The SMILES string of the molecule is O=C(C=Cc1ccccc1)NCCSCc1cccc(Cl)c1. The summed E-state index contributed by atoms with van der Waals surface area (Å²) in [5.74, 6) is 1.71. The Morgan fingerprint density at radius 2 is 1.95 bits per heavy atom. The smallest absolute Gasteiger partial charge is 0.244 e. The third-order valence-corrected chi connectivity index (χ3v) is 4.20. The van der Waals surface area contributed by atoms with Crippen molar-refractivity contribution in [1.29, 1.82) is 0 Å². The molecule has 4 heteroatoms. The molecule has 2 aromatic carbocycles. The Labute approximate surface area is 140 Å². The van der Waals surface area contributed by atoms with Gasteiger partial charge in [-0.1, -0.05) is 54.1 Å². The molecule has 0 aliphatic heterocycles. The van der Waals surface area contributed by atoms with E-state index in [4.69, 9.17) is 11.6 Å². The number of benzene rings is 2. The van der Waals surface area contributed by atoms with Gasteiger partial charge in [-0.05, 0) is 29.3 Å². The van der Waals surface area contributed by atoms with Gasteiger partial charge in [-0.3, -0.25) is 4.79 Å². The molecule has 0 heterocycles. The van der Waals surface area contributed by atoms with E-state index in [9.17, 15) is 4.79 Å². The number of nitrogens with one attached hydrogen (secondary N) is 1. The van der Waals surface area contributed by atoms with E-state index < -0.39 is 0 Å². The van der Waals surface area contributed by atoms with Gasteiger partial charge in [0.25, 0.3) is 0 Å². The fourth-order valence-corrected chi connectivity index (χ4v) is 2.88. The fourth-order valence-electron chi connectivity index (χ4n) is 1.86. The molecule has 0 spiro atoms. The molecule has 1 amide bonds. The first-order valence-electron chi connectivity index (χ1n) is 7.07. The zero-order chi connectivity index (χ0) is 15.6. The number of carbonyl (C=O) groups excluding carboxylic acids is 1. The Morgan fingerprint density at radius 3 is 2.73 bits per heavy atom. The number of thioether (sulfide) groups is 1. The molecule has 0 saturated heterocycles. The predicted octanol–water partition coefficient (Wildman–Crippen LogP) is 4.40. The Hall–Kier alpha value is -1.71. The lowest BCUT2D eigenvalue weighted by atomic mass is 10.2. The summed E-state index contributed by atoms with van der Waals surface area (Å²) in [6.07, 6.45) is 3.38. The van der Waals surface area contributed by atoms with Crippen molar-refractivity contribution < 1.29 is 4.79 Å². The average molecular weight is 332 g/mol. The minimum Gasteiger partial charge on any atom is -0.352 e. The second-order valence-electron chi connectivity index (χ2n) is 4.72. The molecule has 114 valence electrons. The quantitative estimate of drug-likeness (QED) is 0.601. The van der Waals surface area contributed by atoms with Crippen LogP contribution in [0.15, 0.2) is 60.7 Å². The fraction of sp³-hybridized carbons (Fsp3) is 0.167. The van der Waals surface area contributed by atoms with Crippen LogP contribution in [0.2, 0.25) is 5.02 Å². The Morgan fingerprint density at radius 1 is 1.14 bits per heavy atom. The van der Waals surface area contributed by atoms with Crippen molar-refractivity contribution in [1.82, 2.24) is 5.32 Å². The molecule has 0 aliphatic carbocycles. The van der Waals surface area contributed by atoms with Gasteiger partial charge >= 0.3 is 0 Å². The monoisotopic (exact) mass is 331 g/mol. The van der Waals surface area contributed by atoms with Crippen LogP contribution in [-0.2, 0) is 10.5 Å². The lowest BCUT2D eigenvalue weighted by molar-refractivity contribution is -0.116. The van der Waals surface area contributed by atoms with Gasteiger partial charge in [0.15, 0.2) is 0 Å². The van der Waals surface area contributed by atoms with Gasteiger partial charge in [0.1, 0.15) is 0 Å². The number of rotatable bonds is 7. The molecule has 2 nitrogen and oxygen atoms in total. The molecule has 2 aromatic rings. The average Bonchev–Trinajstić information content (AvgIpc) is 2.54. The summed E-state index contributed by atoms with van der Waals surface area (Å²) in [6.45, 7) is 0.656. The number of halogens is 1. The molecular weight excluding hydrogens is 314 g/mol. The Bertz CT molecular complexity index is 628. The van der Waals surface area contributed by atoms with Crippen molar-refractivity contribution in [3.05, 3.63) is 76.8 Å². The van der Waals surface area contributed by atoms with E-state index in [-0.39, 0.29) is 5.91 Å². The summed E-state index contributed by atoms with van der Waals surface area (Å²) in [5.41, 5.74) is 2.22. The van der Waals surface area contributed by atoms with Gasteiger partial charge in [-0.15, -0.1) is 0 Å². The van der Waals surface area contributed by atoms with Crippen LogP contribution >= 0.6 is 23.4 Å². The number of carbonyl (C=O) groups is 1. The molecule has 1 N–H and O–H groups in total. The number of hydrogen-bond donors (Lipinski definition) is 1. The molecule has 0 bridgehead atoms. The van der Waals surface area contributed by atoms with Gasteiger partial charge in [-0.25, -0.2) is 0 Å². The Kier molecular flexibility index (Phi) is 7.07. The molecule has 0 radical (unpaired) electrons. The predicted molar refractivity (Wildman–Crippen MR) is 96.1 cm³/mol. The van der Waals surface area contributed by atoms with E-state index in [2.05, 4.69) is 11.4 Å². The van der Waals surface area contributed by atoms with E-state index in [1.54, 1.807) is 17.8 Å². The molecular formula is C18H18ClNOS. The van der Waals surface area contributed by atoms with Gasteiger partial charge in [0.05, 0.1) is 0 Å². The van der Waals surface area contributed by atoms with Crippen molar-refractivity contribution in [3.63, 3.8) is 0 Å². The van der Waals surface area contributed by atoms with Crippen LogP contribution in [0.4, 0.5) is 0 Å². The maximum Gasteiger partial charge on any atom is 0.244 e. The highest BCUT2D eigenvalue weighted by Gasteiger charge is 1.97. The molecule has 0 aromatic heterocycles. The topological polar surface area (TPSA) is 29.1 Å². The van der Waals surface area contributed by atoms with Gasteiger partial charge in [-0.2, -0.15) is 11.8 Å². The molecule has 0 fully saturated rings. The minimum atomic E-state index is -0.0628. The van der Waals surface area contributed by atoms with Crippen molar-refractivity contribution in [2.45, 2.75) is 5.75 Å². The van der Waals surface area contributed by atoms with E-state index in [0.29, 0.717) is 6.54 Å². The summed E-state index contributed by atoms with van der Waals surface area (Å²) in [4.78, 5) is 11.7. The van der Waals surface area contributed by atoms with Crippen molar-refractivity contribution >= 4 is 35.3 Å². The molecule has 0 atom stereocenters. The first-order valence-corrected chi connectivity index (χ1v) is 8.60. The third kappa shape index (κ3) is 6.37. The lowest BCUT2D eigenvalue weighted by Gasteiger charge is -2.03. The Balaban J connectivity index is 1.62. The van der Waals surface area contributed by atoms with Gasteiger partial charge < -0.3 is 5.32 Å². The van der Waals surface area contributed by atoms with E-state index in [1.807, 2.05) is 54.6 Å². The number of amides is 1. The first kappa shape index (κ1) is 16.7. The third-order valence-electron chi connectivity index (χ3n) is 2.93. The van der Waals surface area contributed by atoms with Crippen LogP contribution < -0.4 is 5.32 Å². The molecule has 0 aliphatic rings. The summed E-state index contributed by atoms with van der Waals surface area (Å²) >= 11 is 7.71. The molecule has 22 heavy (non-hydrogen) atoms. The number of hydrogen-bond acceptors (Lipinski definition) is 2. The van der Waals surface area contributed by atoms with Crippen LogP contribution in [0.1, 0.15) is 11.1 Å². The van der Waals surface area contributed by atoms with E-state index in [1.165, 1.54) is 5.56 Å². The maximum absolute atomic E-state index is 11.7. The zero-order valence-electron chi connectivity index (χ0n) is 12.2. The second kappa shape index (κ2) is 9.34. The van der Waals surface area contributed by atoms with Crippen molar-refractivity contribution in [3.8, 4) is 0 Å². The largest absolute Gasteiger partial charge is 0.352 e. The summed E-state index contributed by atoms with van der Waals surface area (Å²) in [7, 11) is 0. The molecule has 0 unspecified atom stereocenters. The van der Waals surface area contributed by atoms with Crippen molar-refractivity contribution in [2.24, 2.45) is 0 Å². The highest BCUT2D eigenvalue weighted by molar-refractivity contribution is 7.98. The highest BCUT2D eigenvalue weighted by Crippen LogP contribution is 2.16. The molecule has 0 saturated carbocycles. The van der Waals surface area contributed by atoms with Gasteiger partial charge in [0.2, 0.25) is 5.91 Å². The van der Waals surface area contributed by atoms with Crippen LogP contribution in [0, 0.1) is 0 Å². The van der Waals surface area contributed by atoms with Crippen LogP contribution in [0.3, 0.4) is 0 Å². The standard InChI is InChI=1S/C18H18ClNOS/c19-17-8-4-7-16(13-17)14-22-12-11-20-18(21)10-9-15-5-2-1-3-6-15/h1-10,13H,11-12,14H2,(H,20,21). The zero-order valence-corrected chi connectivity index (χ0v) is 13.7. The molecule has 2 rings (SSSR count). The van der Waals surface area contributed by atoms with Crippen LogP contribution in [0.25, 0.3) is 6.08 Å². The minimum absolute atomic E-state index is 0.0628. The van der Waals surface area contributed by atoms with Gasteiger partial charge in [0, 0.05) is 29.1 Å². The van der Waals surface area contributed by atoms with Crippen LogP contribution in [-0.4, -0.2) is 18.2 Å². The summed E-state index contributed by atoms with van der Waals surface area (Å²) < 4.78 is 0. The summed E-state index contributed by atoms with van der Waals surface area (Å²) in [6, 6.07) is 17.6. The van der Waals surface area contributed by atoms with Crippen molar-refractivity contribution in [2.75, 3.05) is 12.3 Å². The lowest BCUT2D eigenvalue weighted by Crippen LogP contribution is -2.23. The first-order chi connectivity index (χ1) is 10.7. The van der Waals surface area contributed by atoms with E-state index >= 15 is 0 Å². The highest BCUT2D eigenvalue weighted by atomic mass is 35.5. The second-order valence-corrected chi connectivity index (χ2v) is 6.26. The normalized spacial score (nSPS) is 10.8. The maximum atomic E-state index is 11.7. The van der Waals surface area contributed by atoms with Crippen LogP contribution in [0.5, 0.6) is 0 Å². The van der Waals surface area contributed by atoms with E-state index in [0.717, 1.165) is 22.1 Å². The summed E-state index contributed by atoms with van der Waals surface area (Å²) in [5, 5.41) is 3.64.